The van der Waals surface area contributed by atoms with Crippen LogP contribution in [0.2, 0.25) is 0 Å². The Balaban J connectivity index is 1.60. The van der Waals surface area contributed by atoms with Gasteiger partial charge < -0.3 is 15.1 Å². The zero-order chi connectivity index (χ0) is 19.4. The van der Waals surface area contributed by atoms with E-state index in [0.717, 1.165) is 37.8 Å². The third kappa shape index (κ3) is 5.57. The fraction of sp³-hybridized carbons (Fsp3) is 0.632. The van der Waals surface area contributed by atoms with Gasteiger partial charge in [-0.05, 0) is 50.5 Å². The second kappa shape index (κ2) is 8.46. The fourth-order valence-electron chi connectivity index (χ4n) is 3.56. The van der Waals surface area contributed by atoms with Gasteiger partial charge in [0.15, 0.2) is 15.8 Å². The molecule has 1 aromatic rings. The van der Waals surface area contributed by atoms with E-state index in [0.29, 0.717) is 13.0 Å². The lowest BCUT2D eigenvalue weighted by Gasteiger charge is -2.38. The Hall–Kier alpha value is -1.83. The van der Waals surface area contributed by atoms with Crippen LogP contribution >= 0.6 is 0 Å². The molecule has 2 heterocycles. The number of guanidine groups is 1. The van der Waals surface area contributed by atoms with Crippen molar-refractivity contribution in [1.82, 2.24) is 10.2 Å². The van der Waals surface area contributed by atoms with Crippen LogP contribution < -0.4 is 10.2 Å². The van der Waals surface area contributed by atoms with Gasteiger partial charge in [-0.3, -0.25) is 4.99 Å². The van der Waals surface area contributed by atoms with Crippen LogP contribution in [0, 0.1) is 11.7 Å². The summed E-state index contributed by atoms with van der Waals surface area (Å²) >= 11 is 0. The van der Waals surface area contributed by atoms with Gasteiger partial charge in [0.05, 0.1) is 11.5 Å². The van der Waals surface area contributed by atoms with Gasteiger partial charge in [0.25, 0.3) is 0 Å². The highest BCUT2D eigenvalue weighted by molar-refractivity contribution is 7.91. The maximum atomic E-state index is 13.1. The largest absolute Gasteiger partial charge is 0.368 e. The molecule has 2 aliphatic heterocycles. The highest BCUT2D eigenvalue weighted by atomic mass is 32.2. The van der Waals surface area contributed by atoms with E-state index in [1.165, 1.54) is 12.1 Å². The van der Waals surface area contributed by atoms with Crippen molar-refractivity contribution in [3.05, 3.63) is 30.1 Å². The number of halogens is 1. The molecule has 0 saturated carbocycles. The zero-order valence-electron chi connectivity index (χ0n) is 16.1. The highest BCUT2D eigenvalue weighted by Crippen LogP contribution is 2.19. The number of benzene rings is 1. The van der Waals surface area contributed by atoms with Crippen molar-refractivity contribution in [3.8, 4) is 0 Å². The van der Waals surface area contributed by atoms with Crippen LogP contribution in [0.25, 0.3) is 0 Å². The number of sulfone groups is 1. The van der Waals surface area contributed by atoms with E-state index in [1.54, 1.807) is 0 Å². The smallest absolute Gasteiger partial charge is 0.194 e. The number of rotatable bonds is 4. The first-order valence-electron chi connectivity index (χ1n) is 9.59. The molecule has 2 saturated heterocycles. The van der Waals surface area contributed by atoms with Crippen LogP contribution in [0.15, 0.2) is 29.3 Å². The van der Waals surface area contributed by atoms with Gasteiger partial charge in [-0.2, -0.15) is 0 Å². The fourth-order valence-corrected chi connectivity index (χ4v) is 5.40. The molecule has 0 aromatic heterocycles. The normalized spacial score (nSPS) is 23.1. The van der Waals surface area contributed by atoms with Crippen LogP contribution in [-0.2, 0) is 9.84 Å². The molecule has 1 N–H and O–H groups in total. The van der Waals surface area contributed by atoms with Crippen molar-refractivity contribution in [2.75, 3.05) is 49.1 Å². The molecular formula is C19H29FN4O2S. The lowest BCUT2D eigenvalue weighted by atomic mass is 10.1. The maximum Gasteiger partial charge on any atom is 0.194 e. The summed E-state index contributed by atoms with van der Waals surface area (Å²) in [6, 6.07) is 6.86. The van der Waals surface area contributed by atoms with Crippen LogP contribution in [0.1, 0.15) is 20.3 Å². The molecule has 2 fully saturated rings. The van der Waals surface area contributed by atoms with Gasteiger partial charge in [-0.15, -0.1) is 0 Å². The number of aliphatic imine (C=N–C) groups is 1. The summed E-state index contributed by atoms with van der Waals surface area (Å²) in [6.07, 6.45) is 0.707. The Morgan fingerprint density at radius 1 is 1.22 bits per heavy atom. The standard InChI is InChI=1S/C19H29FN4O2S/c1-15(2)22-19(21-13-16-7-12-27(25,26)14-16)24-10-8-23(9-11-24)18-5-3-17(20)4-6-18/h3-6,15-16H,7-14H2,1-2H3,(H,21,22). The van der Waals surface area contributed by atoms with Gasteiger partial charge in [-0.1, -0.05) is 0 Å². The van der Waals surface area contributed by atoms with E-state index in [4.69, 9.17) is 4.99 Å². The van der Waals surface area contributed by atoms with Crippen molar-refractivity contribution in [2.45, 2.75) is 26.3 Å². The third-order valence-electron chi connectivity index (χ3n) is 5.01. The maximum absolute atomic E-state index is 13.1. The van der Waals surface area contributed by atoms with Crippen LogP contribution in [-0.4, -0.2) is 69.5 Å². The molecule has 0 bridgehead atoms. The van der Waals surface area contributed by atoms with E-state index in [1.807, 2.05) is 12.1 Å². The minimum absolute atomic E-state index is 0.125. The summed E-state index contributed by atoms with van der Waals surface area (Å²) in [7, 11) is -2.87. The molecule has 1 atom stereocenters. The topological polar surface area (TPSA) is 65.0 Å². The van der Waals surface area contributed by atoms with Crippen LogP contribution in [0.5, 0.6) is 0 Å². The Kier molecular flexibility index (Phi) is 6.24. The van der Waals surface area contributed by atoms with E-state index >= 15 is 0 Å². The first-order chi connectivity index (χ1) is 12.8. The van der Waals surface area contributed by atoms with Gasteiger partial charge >= 0.3 is 0 Å². The van der Waals surface area contributed by atoms with Crippen molar-refractivity contribution in [2.24, 2.45) is 10.9 Å². The number of hydrogen-bond donors (Lipinski definition) is 1. The minimum Gasteiger partial charge on any atom is -0.368 e. The Morgan fingerprint density at radius 2 is 1.89 bits per heavy atom. The molecule has 0 amide bonds. The van der Waals surface area contributed by atoms with E-state index in [-0.39, 0.29) is 29.3 Å². The molecular weight excluding hydrogens is 367 g/mol. The zero-order valence-corrected chi connectivity index (χ0v) is 16.9. The quantitative estimate of drug-likeness (QED) is 0.620. The van der Waals surface area contributed by atoms with Gasteiger partial charge in [-0.25, -0.2) is 12.8 Å². The van der Waals surface area contributed by atoms with Gasteiger partial charge in [0, 0.05) is 44.5 Å². The molecule has 0 aliphatic carbocycles. The summed E-state index contributed by atoms with van der Waals surface area (Å²) in [5.41, 5.74) is 1.03. The average Bonchev–Trinajstić information content (AvgIpc) is 2.98. The number of anilines is 1. The summed E-state index contributed by atoms with van der Waals surface area (Å²) in [5, 5.41) is 3.41. The minimum atomic E-state index is -2.87. The predicted molar refractivity (Wildman–Crippen MR) is 108 cm³/mol. The van der Waals surface area contributed by atoms with Crippen molar-refractivity contribution in [1.29, 1.82) is 0 Å². The summed E-state index contributed by atoms with van der Waals surface area (Å²) in [5.74, 6) is 1.30. The van der Waals surface area contributed by atoms with Crippen molar-refractivity contribution < 1.29 is 12.8 Å². The lowest BCUT2D eigenvalue weighted by Crippen LogP contribution is -2.53. The second-order valence-corrected chi connectivity index (χ2v) is 9.91. The molecule has 6 nitrogen and oxygen atoms in total. The van der Waals surface area contributed by atoms with Gasteiger partial charge in [0.2, 0.25) is 0 Å². The molecule has 2 aliphatic rings. The van der Waals surface area contributed by atoms with Crippen LogP contribution in [0.3, 0.4) is 0 Å². The Morgan fingerprint density at radius 3 is 2.44 bits per heavy atom. The Labute approximate surface area is 161 Å². The molecule has 8 heteroatoms. The molecule has 0 radical (unpaired) electrons. The highest BCUT2D eigenvalue weighted by Gasteiger charge is 2.28. The first kappa shape index (κ1) is 19.9. The number of nitrogens with zero attached hydrogens (tertiary/aromatic N) is 3. The van der Waals surface area contributed by atoms with E-state index in [2.05, 4.69) is 29.0 Å². The van der Waals surface area contributed by atoms with Crippen molar-refractivity contribution >= 4 is 21.5 Å². The SMILES string of the molecule is CC(C)NC(=NCC1CCS(=O)(=O)C1)N1CCN(c2ccc(F)cc2)CC1. The second-order valence-electron chi connectivity index (χ2n) is 7.68. The number of piperazine rings is 1. The lowest BCUT2D eigenvalue weighted by molar-refractivity contribution is 0.367. The number of hydrogen-bond acceptors (Lipinski definition) is 4. The monoisotopic (exact) mass is 396 g/mol. The molecule has 1 unspecified atom stereocenters. The molecule has 27 heavy (non-hydrogen) atoms. The van der Waals surface area contributed by atoms with Gasteiger partial charge in [0.1, 0.15) is 5.82 Å². The van der Waals surface area contributed by atoms with Crippen LogP contribution in [0.4, 0.5) is 10.1 Å². The Bertz CT molecular complexity index is 756. The van der Waals surface area contributed by atoms with E-state index in [9.17, 15) is 12.8 Å². The molecule has 1 aromatic carbocycles. The molecule has 150 valence electrons. The summed E-state index contributed by atoms with van der Waals surface area (Å²) in [4.78, 5) is 9.21. The number of nitrogens with one attached hydrogen (secondary N) is 1. The summed E-state index contributed by atoms with van der Waals surface area (Å²) in [6.45, 7) is 8.00. The third-order valence-corrected chi connectivity index (χ3v) is 6.85. The average molecular weight is 397 g/mol. The molecule has 0 spiro atoms. The molecule has 3 rings (SSSR count). The van der Waals surface area contributed by atoms with Crippen molar-refractivity contribution in [3.63, 3.8) is 0 Å². The first-order valence-corrected chi connectivity index (χ1v) is 11.4. The van der Waals surface area contributed by atoms with E-state index < -0.39 is 9.84 Å². The predicted octanol–water partition coefficient (Wildman–Crippen LogP) is 1.74. The summed E-state index contributed by atoms with van der Waals surface area (Å²) < 4.78 is 36.4.